The van der Waals surface area contributed by atoms with Gasteiger partial charge in [0.2, 0.25) is 5.82 Å². The molecule has 3 aromatic rings. The fourth-order valence-corrected chi connectivity index (χ4v) is 8.78. The molecule has 0 N–H and O–H groups in total. The van der Waals surface area contributed by atoms with Gasteiger partial charge < -0.3 is 9.16 Å². The number of hydrogen-bond acceptors (Lipinski definition) is 5. The fourth-order valence-electron chi connectivity index (χ4n) is 3.66. The Morgan fingerprint density at radius 3 is 1.97 bits per heavy atom. The average molecular weight is 477 g/mol. The SMILES string of the molecule is CSc1nc(Cl)c(F)c(OCCO[Si](c2ccccc2)(c2ccccc2)C(C)(C)C)n1. The number of hydrogen-bond donors (Lipinski definition) is 0. The summed E-state index contributed by atoms with van der Waals surface area (Å²) >= 11 is 7.13. The topological polar surface area (TPSA) is 44.2 Å². The maximum Gasteiger partial charge on any atom is 0.261 e. The van der Waals surface area contributed by atoms with Gasteiger partial charge in [0, 0.05) is 0 Å². The number of rotatable bonds is 8. The highest BCUT2D eigenvalue weighted by Crippen LogP contribution is 2.36. The van der Waals surface area contributed by atoms with E-state index < -0.39 is 14.1 Å². The lowest BCUT2D eigenvalue weighted by molar-refractivity contribution is 0.196. The van der Waals surface area contributed by atoms with Gasteiger partial charge in [-0.15, -0.1) is 0 Å². The first-order chi connectivity index (χ1) is 14.8. The molecule has 2 aromatic carbocycles. The van der Waals surface area contributed by atoms with Gasteiger partial charge in [0.15, 0.2) is 10.3 Å². The second kappa shape index (κ2) is 10.1. The molecule has 8 heteroatoms. The number of nitrogens with zero attached hydrogens (tertiary/aromatic N) is 2. The van der Waals surface area contributed by atoms with E-state index in [9.17, 15) is 4.39 Å². The van der Waals surface area contributed by atoms with Gasteiger partial charge in [0.1, 0.15) is 6.61 Å². The minimum absolute atomic E-state index is 0.141. The van der Waals surface area contributed by atoms with Crippen molar-refractivity contribution in [2.75, 3.05) is 19.5 Å². The van der Waals surface area contributed by atoms with E-state index in [1.807, 2.05) is 36.4 Å². The van der Waals surface area contributed by atoms with Crippen molar-refractivity contribution in [3.8, 4) is 5.88 Å². The monoisotopic (exact) mass is 476 g/mol. The van der Waals surface area contributed by atoms with E-state index in [0.717, 1.165) is 0 Å². The van der Waals surface area contributed by atoms with E-state index in [2.05, 4.69) is 55.0 Å². The second-order valence-electron chi connectivity index (χ2n) is 7.98. The highest BCUT2D eigenvalue weighted by atomic mass is 35.5. The maximum atomic E-state index is 14.3. The van der Waals surface area contributed by atoms with Crippen LogP contribution in [0.25, 0.3) is 0 Å². The highest BCUT2D eigenvalue weighted by molar-refractivity contribution is 7.98. The number of aromatic nitrogens is 2. The summed E-state index contributed by atoms with van der Waals surface area (Å²) in [5.41, 5.74) is 0. The van der Waals surface area contributed by atoms with Crippen LogP contribution in [0.2, 0.25) is 10.2 Å². The van der Waals surface area contributed by atoms with E-state index in [-0.39, 0.29) is 29.3 Å². The molecule has 1 heterocycles. The average Bonchev–Trinajstić information content (AvgIpc) is 2.76. The summed E-state index contributed by atoms with van der Waals surface area (Å²) in [5, 5.41) is 2.31. The molecular weight excluding hydrogens is 451 g/mol. The molecule has 31 heavy (non-hydrogen) atoms. The molecule has 0 saturated carbocycles. The summed E-state index contributed by atoms with van der Waals surface area (Å²) in [4.78, 5) is 7.95. The van der Waals surface area contributed by atoms with E-state index in [1.165, 1.54) is 22.1 Å². The lowest BCUT2D eigenvalue weighted by Gasteiger charge is -2.43. The van der Waals surface area contributed by atoms with E-state index in [0.29, 0.717) is 5.16 Å². The molecule has 0 saturated heterocycles. The van der Waals surface area contributed by atoms with Gasteiger partial charge >= 0.3 is 0 Å². The Kier molecular flexibility index (Phi) is 7.75. The predicted octanol–water partition coefficient (Wildman–Crippen LogP) is 4.95. The molecule has 0 radical (unpaired) electrons. The van der Waals surface area contributed by atoms with Gasteiger partial charge in [0.25, 0.3) is 14.2 Å². The molecule has 0 amide bonds. The quantitative estimate of drug-likeness (QED) is 0.151. The fraction of sp³-hybridized carbons (Fsp3) is 0.304. The summed E-state index contributed by atoms with van der Waals surface area (Å²) in [6.07, 6.45) is 1.79. The lowest BCUT2D eigenvalue weighted by atomic mass is 10.2. The molecule has 4 nitrogen and oxygen atoms in total. The van der Waals surface area contributed by atoms with Crippen LogP contribution in [0, 0.1) is 5.82 Å². The van der Waals surface area contributed by atoms with Crippen LogP contribution >= 0.6 is 23.4 Å². The normalized spacial score (nSPS) is 12.1. The first kappa shape index (κ1) is 23.7. The zero-order valence-corrected chi connectivity index (χ0v) is 20.6. The van der Waals surface area contributed by atoms with Crippen LogP contribution in [0.15, 0.2) is 65.8 Å². The number of halogens is 2. The van der Waals surface area contributed by atoms with Crippen molar-refractivity contribution < 1.29 is 13.6 Å². The molecule has 164 valence electrons. The first-order valence-electron chi connectivity index (χ1n) is 9.94. The zero-order chi connectivity index (χ0) is 22.5. The summed E-state index contributed by atoms with van der Waals surface area (Å²) in [5.74, 6) is -0.916. The number of thioether (sulfide) groups is 1. The molecule has 0 aliphatic carbocycles. The molecule has 1 aromatic heterocycles. The van der Waals surface area contributed by atoms with Gasteiger partial charge in [-0.2, -0.15) is 9.37 Å². The largest absolute Gasteiger partial charge is 0.473 e. The van der Waals surface area contributed by atoms with Gasteiger partial charge in [-0.05, 0) is 21.7 Å². The molecule has 0 fully saturated rings. The van der Waals surface area contributed by atoms with Gasteiger partial charge in [-0.25, -0.2) is 4.98 Å². The Hall–Kier alpha value is -1.93. The van der Waals surface area contributed by atoms with Crippen LogP contribution in [0.5, 0.6) is 5.88 Å². The van der Waals surface area contributed by atoms with Crippen molar-refractivity contribution in [1.29, 1.82) is 0 Å². The summed E-state index contributed by atoms with van der Waals surface area (Å²) in [7, 11) is -2.67. The van der Waals surface area contributed by atoms with Gasteiger partial charge in [-0.1, -0.05) is 105 Å². The van der Waals surface area contributed by atoms with Crippen LogP contribution in [0.3, 0.4) is 0 Å². The van der Waals surface area contributed by atoms with E-state index in [1.54, 1.807) is 6.26 Å². The Balaban J connectivity index is 1.88. The lowest BCUT2D eigenvalue weighted by Crippen LogP contribution is -2.66. The molecule has 0 spiro atoms. The Bertz CT molecular complexity index is 964. The molecular formula is C23H26ClFN2O2SSi. The summed E-state index contributed by atoms with van der Waals surface area (Å²) in [6.45, 7) is 7.03. The molecule has 3 rings (SSSR count). The van der Waals surface area contributed by atoms with Crippen LogP contribution in [-0.4, -0.2) is 37.8 Å². The minimum Gasteiger partial charge on any atom is -0.473 e. The smallest absolute Gasteiger partial charge is 0.261 e. The molecule has 0 aliphatic rings. The third-order valence-electron chi connectivity index (χ3n) is 5.00. The highest BCUT2D eigenvalue weighted by Gasteiger charge is 2.50. The van der Waals surface area contributed by atoms with Crippen molar-refractivity contribution in [1.82, 2.24) is 9.97 Å². The molecule has 0 bridgehead atoms. The van der Waals surface area contributed by atoms with Crippen LogP contribution in [0.4, 0.5) is 4.39 Å². The Morgan fingerprint density at radius 2 is 1.48 bits per heavy atom. The standard InChI is InChI=1S/C23H26ClFN2O2SSi/c1-23(2,3)31(17-11-7-5-8-12-17,18-13-9-6-10-14-18)29-16-15-28-21-19(25)20(24)26-22(27-21)30-4/h5-14H,15-16H2,1-4H3. The third kappa shape index (κ3) is 5.11. The molecule has 0 unspecified atom stereocenters. The van der Waals surface area contributed by atoms with Crippen molar-refractivity contribution in [3.63, 3.8) is 0 Å². The third-order valence-corrected chi connectivity index (χ3v) is 10.8. The summed E-state index contributed by atoms with van der Waals surface area (Å²) in [6, 6.07) is 20.7. The van der Waals surface area contributed by atoms with Crippen molar-refractivity contribution >= 4 is 42.1 Å². The molecule has 0 aliphatic heterocycles. The van der Waals surface area contributed by atoms with Crippen molar-refractivity contribution in [2.24, 2.45) is 0 Å². The van der Waals surface area contributed by atoms with Gasteiger partial charge in [-0.3, -0.25) is 0 Å². The summed E-state index contributed by atoms with van der Waals surface area (Å²) < 4.78 is 26.6. The van der Waals surface area contributed by atoms with Crippen molar-refractivity contribution in [2.45, 2.75) is 31.0 Å². The van der Waals surface area contributed by atoms with Crippen LogP contribution in [0.1, 0.15) is 20.8 Å². The molecule has 0 atom stereocenters. The van der Waals surface area contributed by atoms with Crippen LogP contribution < -0.4 is 15.1 Å². The predicted molar refractivity (Wildman–Crippen MR) is 128 cm³/mol. The van der Waals surface area contributed by atoms with E-state index in [4.69, 9.17) is 20.8 Å². The van der Waals surface area contributed by atoms with Crippen LogP contribution in [-0.2, 0) is 4.43 Å². The number of ether oxygens (including phenoxy) is 1. The zero-order valence-electron chi connectivity index (χ0n) is 18.1. The Morgan fingerprint density at radius 1 is 0.935 bits per heavy atom. The Labute approximate surface area is 193 Å². The van der Waals surface area contributed by atoms with Crippen molar-refractivity contribution in [3.05, 3.63) is 71.6 Å². The first-order valence-corrected chi connectivity index (χ1v) is 13.5. The van der Waals surface area contributed by atoms with Gasteiger partial charge in [0.05, 0.1) is 6.61 Å². The van der Waals surface area contributed by atoms with E-state index >= 15 is 0 Å². The number of benzene rings is 2. The minimum atomic E-state index is -2.67. The maximum absolute atomic E-state index is 14.3. The second-order valence-corrected chi connectivity index (χ2v) is 13.4.